The number of carbonyl (C=O) groups excluding carboxylic acids is 1. The van der Waals surface area contributed by atoms with Gasteiger partial charge in [-0.15, -0.1) is 0 Å². The minimum atomic E-state index is -1.65. The lowest BCUT2D eigenvalue weighted by Crippen LogP contribution is -2.60. The Bertz CT molecular complexity index is 1040. The summed E-state index contributed by atoms with van der Waals surface area (Å²) in [4.78, 5) is 12.7. The number of hydrogen-bond acceptors (Lipinski definition) is 11. The molecule has 1 fully saturated rings. The maximum atomic E-state index is 12.7. The smallest absolute Gasteiger partial charge is 0.229 e. The molecule has 1 saturated heterocycles. The number of aliphatic hydroxyl groups excluding tert-OH is 4. The number of carbonyl (C=O) groups is 1. The first-order chi connectivity index (χ1) is 15.7. The van der Waals surface area contributed by atoms with Gasteiger partial charge in [-0.1, -0.05) is 6.07 Å². The largest absolute Gasteiger partial charge is 0.507 e. The van der Waals surface area contributed by atoms with Gasteiger partial charge in [0.05, 0.1) is 20.1 Å². The zero-order chi connectivity index (χ0) is 23.9. The van der Waals surface area contributed by atoms with Gasteiger partial charge in [0, 0.05) is 12.1 Å². The summed E-state index contributed by atoms with van der Waals surface area (Å²) >= 11 is 0. The fraction of sp³-hybridized carbons (Fsp3) is 0.409. The average molecular weight is 464 g/mol. The summed E-state index contributed by atoms with van der Waals surface area (Å²) in [6.45, 7) is -0.631. The molecule has 0 spiro atoms. The van der Waals surface area contributed by atoms with Gasteiger partial charge in [-0.05, 0) is 17.7 Å². The Morgan fingerprint density at radius 1 is 1.03 bits per heavy atom. The maximum Gasteiger partial charge on any atom is 0.229 e. The van der Waals surface area contributed by atoms with E-state index in [1.807, 2.05) is 0 Å². The predicted molar refractivity (Wildman–Crippen MR) is 109 cm³/mol. The van der Waals surface area contributed by atoms with Crippen LogP contribution in [0.15, 0.2) is 30.3 Å². The summed E-state index contributed by atoms with van der Waals surface area (Å²) < 4.78 is 21.7. The number of hydrogen-bond donors (Lipinski definition) is 6. The highest BCUT2D eigenvalue weighted by atomic mass is 16.7. The third-order valence-corrected chi connectivity index (χ3v) is 5.65. The van der Waals surface area contributed by atoms with E-state index in [0.29, 0.717) is 5.56 Å². The number of Topliss-reactive ketones (excluding diaryl/α,β-unsaturated/α-hetero) is 1. The van der Waals surface area contributed by atoms with Crippen LogP contribution in [0.5, 0.6) is 28.7 Å². The van der Waals surface area contributed by atoms with Crippen LogP contribution >= 0.6 is 0 Å². The highest BCUT2D eigenvalue weighted by Gasteiger charge is 2.45. The Labute approximate surface area is 188 Å². The van der Waals surface area contributed by atoms with Crippen LogP contribution in [0, 0.1) is 0 Å². The molecule has 11 nitrogen and oxygen atoms in total. The van der Waals surface area contributed by atoms with E-state index in [1.54, 1.807) is 6.07 Å². The number of ketones is 1. The Kier molecular flexibility index (Phi) is 6.32. The Hall–Kier alpha value is -3.09. The molecule has 6 N–H and O–H groups in total. The topological polar surface area (TPSA) is 175 Å². The molecule has 0 radical (unpaired) electrons. The van der Waals surface area contributed by atoms with Crippen molar-refractivity contribution in [3.8, 4) is 28.7 Å². The number of aromatic hydroxyl groups is 2. The third kappa shape index (κ3) is 4.28. The number of fused-ring (bicyclic) bond motifs is 1. The van der Waals surface area contributed by atoms with E-state index in [2.05, 4.69) is 0 Å². The van der Waals surface area contributed by atoms with Crippen LogP contribution in [0.3, 0.4) is 0 Å². The summed E-state index contributed by atoms with van der Waals surface area (Å²) in [6.07, 6.45) is -8.35. The monoisotopic (exact) mass is 464 g/mol. The van der Waals surface area contributed by atoms with Crippen LogP contribution in [0.1, 0.15) is 28.4 Å². The van der Waals surface area contributed by atoms with Crippen molar-refractivity contribution in [2.45, 2.75) is 43.2 Å². The second kappa shape index (κ2) is 9.04. The molecule has 2 aliphatic heterocycles. The molecule has 33 heavy (non-hydrogen) atoms. The molecule has 2 aromatic rings. The number of rotatable bonds is 5. The van der Waals surface area contributed by atoms with Crippen molar-refractivity contribution in [3.63, 3.8) is 0 Å². The highest BCUT2D eigenvalue weighted by molar-refractivity contribution is 6.02. The molecule has 6 atom stereocenters. The number of phenols is 2. The normalized spacial score (nSPS) is 29.2. The number of methoxy groups -OCH3 is 1. The minimum Gasteiger partial charge on any atom is -0.507 e. The van der Waals surface area contributed by atoms with Crippen LogP contribution in [0.2, 0.25) is 0 Å². The number of aliphatic hydroxyl groups is 4. The van der Waals surface area contributed by atoms with Crippen molar-refractivity contribution in [2.75, 3.05) is 13.7 Å². The molecule has 1 unspecified atom stereocenters. The van der Waals surface area contributed by atoms with Gasteiger partial charge in [0.25, 0.3) is 0 Å². The lowest BCUT2D eigenvalue weighted by atomic mass is 9.95. The van der Waals surface area contributed by atoms with E-state index in [4.69, 9.17) is 18.9 Å². The van der Waals surface area contributed by atoms with Crippen LogP contribution < -0.4 is 14.2 Å². The highest BCUT2D eigenvalue weighted by Crippen LogP contribution is 2.43. The average Bonchev–Trinajstić information content (AvgIpc) is 2.78. The van der Waals surface area contributed by atoms with Gasteiger partial charge in [-0.25, -0.2) is 0 Å². The molecule has 178 valence electrons. The van der Waals surface area contributed by atoms with Crippen LogP contribution in [-0.2, 0) is 4.74 Å². The van der Waals surface area contributed by atoms with E-state index in [0.717, 1.165) is 6.07 Å². The SMILES string of the molecule is COc1ccc(C2CC(=O)c3c(O)cc(O[C@@H]4O[C@H](CO)[C@@H](O)[C@H](O)[C@H]4O)cc3O2)cc1O. The summed E-state index contributed by atoms with van der Waals surface area (Å²) in [7, 11) is 1.41. The standard InChI is InChI=1S/C22H24O11/c1-30-14-3-2-9(4-11(14)24)15-7-13(26)18-12(25)5-10(6-16(18)32-15)31-22-21(29)20(28)19(27)17(8-23)33-22/h2-6,15,17,19-25,27-29H,7-8H2,1H3/t15?,17-,19-,20+,21-,22-/m1/s1. The van der Waals surface area contributed by atoms with Gasteiger partial charge >= 0.3 is 0 Å². The van der Waals surface area contributed by atoms with Crippen LogP contribution in [-0.4, -0.2) is 80.8 Å². The van der Waals surface area contributed by atoms with E-state index in [9.17, 15) is 35.4 Å². The van der Waals surface area contributed by atoms with Gasteiger partial charge in [0.2, 0.25) is 6.29 Å². The fourth-order valence-corrected chi connectivity index (χ4v) is 3.87. The Balaban J connectivity index is 1.60. The summed E-state index contributed by atoms with van der Waals surface area (Å²) in [6, 6.07) is 7.01. The van der Waals surface area contributed by atoms with E-state index in [1.165, 1.54) is 25.3 Å². The molecule has 2 aromatic carbocycles. The number of ether oxygens (including phenoxy) is 4. The van der Waals surface area contributed by atoms with E-state index >= 15 is 0 Å². The zero-order valence-electron chi connectivity index (χ0n) is 17.5. The van der Waals surface area contributed by atoms with Gasteiger partial charge in [0.1, 0.15) is 53.3 Å². The van der Waals surface area contributed by atoms with Crippen molar-refractivity contribution in [1.82, 2.24) is 0 Å². The second-order valence-corrected chi connectivity index (χ2v) is 7.80. The molecule has 11 heteroatoms. The first-order valence-corrected chi connectivity index (χ1v) is 10.1. The molecule has 2 aliphatic rings. The van der Waals surface area contributed by atoms with Crippen LogP contribution in [0.4, 0.5) is 0 Å². The van der Waals surface area contributed by atoms with Gasteiger partial charge in [0.15, 0.2) is 17.3 Å². The first-order valence-electron chi connectivity index (χ1n) is 10.1. The molecule has 0 bridgehead atoms. The van der Waals surface area contributed by atoms with Crippen molar-refractivity contribution in [3.05, 3.63) is 41.5 Å². The van der Waals surface area contributed by atoms with Crippen molar-refractivity contribution >= 4 is 5.78 Å². The molecule has 0 aromatic heterocycles. The molecular formula is C22H24O11. The van der Waals surface area contributed by atoms with Crippen LogP contribution in [0.25, 0.3) is 0 Å². The molecule has 0 amide bonds. The Morgan fingerprint density at radius 3 is 2.45 bits per heavy atom. The molecule has 4 rings (SSSR count). The van der Waals surface area contributed by atoms with Crippen molar-refractivity contribution in [2.24, 2.45) is 0 Å². The van der Waals surface area contributed by atoms with Gasteiger partial charge < -0.3 is 49.6 Å². The van der Waals surface area contributed by atoms with Gasteiger partial charge in [-0.2, -0.15) is 0 Å². The fourth-order valence-electron chi connectivity index (χ4n) is 3.87. The van der Waals surface area contributed by atoms with Gasteiger partial charge in [-0.3, -0.25) is 4.79 Å². The maximum absolute atomic E-state index is 12.7. The van der Waals surface area contributed by atoms with E-state index < -0.39 is 54.9 Å². The predicted octanol–water partition coefficient (Wildman–Crippen LogP) is -0.00840. The Morgan fingerprint density at radius 2 is 1.79 bits per heavy atom. The van der Waals surface area contributed by atoms with Crippen molar-refractivity contribution < 1.29 is 54.4 Å². The van der Waals surface area contributed by atoms with Crippen molar-refractivity contribution in [1.29, 1.82) is 0 Å². The quantitative estimate of drug-likeness (QED) is 0.351. The number of phenolic OH excluding ortho intramolecular Hbond substituents is 2. The third-order valence-electron chi connectivity index (χ3n) is 5.65. The summed E-state index contributed by atoms with van der Waals surface area (Å²) in [5, 5.41) is 59.7. The summed E-state index contributed by atoms with van der Waals surface area (Å²) in [5.74, 6) is -0.733. The lowest BCUT2D eigenvalue weighted by Gasteiger charge is -2.39. The molecule has 2 heterocycles. The molecular weight excluding hydrogens is 440 g/mol. The summed E-state index contributed by atoms with van der Waals surface area (Å²) in [5.41, 5.74) is 0.456. The zero-order valence-corrected chi connectivity index (χ0v) is 17.5. The second-order valence-electron chi connectivity index (χ2n) is 7.80. The molecule has 0 saturated carbocycles. The first kappa shape index (κ1) is 23.1. The van der Waals surface area contributed by atoms with E-state index in [-0.39, 0.29) is 35.0 Å². The lowest BCUT2D eigenvalue weighted by molar-refractivity contribution is -0.277. The number of benzene rings is 2. The molecule has 0 aliphatic carbocycles. The minimum absolute atomic E-state index is 0.00569.